The quantitative estimate of drug-likeness (QED) is 0.0253. The maximum absolute atomic E-state index is 12.6. The first-order valence-electron chi connectivity index (χ1n) is 25.7. The first-order valence-corrected chi connectivity index (χ1v) is 26.4. The summed E-state index contributed by atoms with van der Waals surface area (Å²) in [5.41, 5.74) is 24.1. The average molecular weight is 1100 g/mol. The molecule has 0 spiro atoms. The number of aliphatic imine (C=N–C) groups is 1. The van der Waals surface area contributed by atoms with Crippen LogP contribution in [0.1, 0.15) is 66.8 Å². The summed E-state index contributed by atoms with van der Waals surface area (Å²) in [6.07, 6.45) is 8.11. The zero-order valence-electron chi connectivity index (χ0n) is 44.2. The number of nitrogens with two attached hydrogens (primary N) is 2. The fourth-order valence-corrected chi connectivity index (χ4v) is 9.51. The number of aliphatic hydroxyl groups excluding tert-OH is 1. The molecule has 0 saturated carbocycles. The summed E-state index contributed by atoms with van der Waals surface area (Å²) in [7, 11) is 1.70. The van der Waals surface area contributed by atoms with Crippen LogP contribution in [0.15, 0.2) is 163 Å². The molecular formula is C63H62Cl2N8O6. The monoisotopic (exact) mass is 1100 g/mol. The summed E-state index contributed by atoms with van der Waals surface area (Å²) in [6.45, 7) is 5.38. The Balaban J connectivity index is 0.993. The van der Waals surface area contributed by atoms with Gasteiger partial charge in [-0.2, -0.15) is 5.26 Å². The predicted molar refractivity (Wildman–Crippen MR) is 309 cm³/mol. The van der Waals surface area contributed by atoms with E-state index in [4.69, 9.17) is 53.6 Å². The summed E-state index contributed by atoms with van der Waals surface area (Å²) in [6, 6.07) is 43.5. The first-order chi connectivity index (χ1) is 38.3. The van der Waals surface area contributed by atoms with Gasteiger partial charge in [0.2, 0.25) is 5.91 Å². The smallest absolute Gasteiger partial charge is 0.234 e. The molecule has 2 aromatic heterocycles. The van der Waals surface area contributed by atoms with Crippen LogP contribution in [-0.4, -0.2) is 52.6 Å². The van der Waals surface area contributed by atoms with Crippen molar-refractivity contribution in [1.29, 1.82) is 5.26 Å². The number of ether oxygens (including phenoxy) is 4. The van der Waals surface area contributed by atoms with Gasteiger partial charge >= 0.3 is 0 Å². The normalized spacial score (nSPS) is 12.4. The Kier molecular flexibility index (Phi) is 20.2. The van der Waals surface area contributed by atoms with Gasteiger partial charge < -0.3 is 46.2 Å². The van der Waals surface area contributed by atoms with Crippen LogP contribution >= 0.6 is 23.2 Å². The van der Waals surface area contributed by atoms with E-state index in [2.05, 4.69) is 57.6 Å². The molecule has 79 heavy (non-hydrogen) atoms. The Labute approximate surface area is 471 Å². The Hall–Kier alpha value is -8.13. The van der Waals surface area contributed by atoms with Gasteiger partial charge in [0.25, 0.3) is 0 Å². The summed E-state index contributed by atoms with van der Waals surface area (Å²) in [5, 5.41) is 27.5. The molecule has 0 saturated heterocycles. The number of benzene rings is 6. The van der Waals surface area contributed by atoms with Crippen molar-refractivity contribution in [2.75, 3.05) is 7.05 Å². The molecule has 7 N–H and O–H groups in total. The van der Waals surface area contributed by atoms with Crippen molar-refractivity contribution in [3.8, 4) is 40.2 Å². The molecule has 16 heteroatoms. The molecule has 0 aliphatic carbocycles. The van der Waals surface area contributed by atoms with Crippen LogP contribution in [0, 0.1) is 25.2 Å². The molecule has 0 bridgehead atoms. The van der Waals surface area contributed by atoms with E-state index < -0.39 is 24.2 Å². The van der Waals surface area contributed by atoms with Crippen LogP contribution in [0.25, 0.3) is 11.1 Å². The number of primary amides is 1. The standard InChI is InChI=1S/C63H62Cl2N8O6/c1-40-48(38-78-60-26-58(76-36-46-20-44(28-66)30-70-32-46)50(24-54(60)64)34-72-56(62(67)74)22-42-12-6-4-7-13-42)16-10-18-52(40)53-19-11-17-49(41(53)2)39-79-61-27-59(77-37-47-21-45(29-69-3)31-71-33-47)51(25-55(61)65)35-73-57(63(68)75)23-43-14-8-5-9-15-43/h4-21,24-27,29-33,56-57,62,72-74H,22-23,34-39,67H2,1-3H3,(H2,68,75). The minimum atomic E-state index is -1.14. The lowest BCUT2D eigenvalue weighted by Gasteiger charge is -2.23. The number of amides is 1. The lowest BCUT2D eigenvalue weighted by atomic mass is 9.92. The number of pyridine rings is 2. The number of aliphatic hydroxyl groups is 1. The molecule has 14 nitrogen and oxygen atoms in total. The highest BCUT2D eigenvalue weighted by molar-refractivity contribution is 6.32. The molecule has 0 aliphatic heterocycles. The van der Waals surface area contributed by atoms with Gasteiger partial charge in [-0.05, 0) is 95.5 Å². The second-order valence-corrected chi connectivity index (χ2v) is 19.8. The zero-order valence-corrected chi connectivity index (χ0v) is 45.7. The molecule has 0 aliphatic rings. The number of halogens is 2. The van der Waals surface area contributed by atoms with Crippen molar-refractivity contribution >= 4 is 35.3 Å². The van der Waals surface area contributed by atoms with E-state index in [0.29, 0.717) is 68.1 Å². The lowest BCUT2D eigenvalue weighted by Crippen LogP contribution is -2.46. The maximum Gasteiger partial charge on any atom is 0.234 e. The van der Waals surface area contributed by atoms with E-state index in [1.165, 1.54) is 6.20 Å². The molecule has 0 radical (unpaired) electrons. The second-order valence-electron chi connectivity index (χ2n) is 19.0. The van der Waals surface area contributed by atoms with E-state index in [1.54, 1.807) is 62.2 Å². The number of nitriles is 1. The number of nitrogens with zero attached hydrogens (tertiary/aromatic N) is 4. The van der Waals surface area contributed by atoms with Gasteiger partial charge in [-0.1, -0.05) is 120 Å². The minimum absolute atomic E-state index is 0.125. The van der Waals surface area contributed by atoms with E-state index in [0.717, 1.165) is 55.6 Å². The molecule has 1 amide bonds. The van der Waals surface area contributed by atoms with Crippen LogP contribution in [0.4, 0.5) is 0 Å². The number of nitrogens with one attached hydrogen (secondary N) is 2. The van der Waals surface area contributed by atoms with Crippen molar-refractivity contribution in [2.45, 2.75) is 84.5 Å². The van der Waals surface area contributed by atoms with Crippen molar-refractivity contribution in [2.24, 2.45) is 16.5 Å². The number of carbonyl (C=O) groups is 1. The van der Waals surface area contributed by atoms with E-state index in [-0.39, 0.29) is 39.5 Å². The molecule has 3 atom stereocenters. The van der Waals surface area contributed by atoms with Gasteiger partial charge in [0.15, 0.2) is 0 Å². The van der Waals surface area contributed by atoms with E-state index in [9.17, 15) is 15.2 Å². The third-order valence-electron chi connectivity index (χ3n) is 13.4. The van der Waals surface area contributed by atoms with Crippen LogP contribution in [0.2, 0.25) is 10.0 Å². The first kappa shape index (κ1) is 57.1. The van der Waals surface area contributed by atoms with Crippen LogP contribution in [0.3, 0.4) is 0 Å². The molecule has 404 valence electrons. The zero-order chi connectivity index (χ0) is 55.7. The fraction of sp³-hybridized carbons (Fsp3) is 0.222. The summed E-state index contributed by atoms with van der Waals surface area (Å²) in [4.78, 5) is 25.3. The predicted octanol–water partition coefficient (Wildman–Crippen LogP) is 10.5. The van der Waals surface area contributed by atoms with E-state index in [1.807, 2.05) is 91.0 Å². The summed E-state index contributed by atoms with van der Waals surface area (Å²) in [5.74, 6) is 1.36. The van der Waals surface area contributed by atoms with E-state index >= 15 is 0 Å². The van der Waals surface area contributed by atoms with Gasteiger partial charge in [0.05, 0.1) is 27.7 Å². The lowest BCUT2D eigenvalue weighted by molar-refractivity contribution is -0.120. The number of rotatable bonds is 26. The Morgan fingerprint density at radius 1 is 0.633 bits per heavy atom. The molecule has 0 fully saturated rings. The van der Waals surface area contributed by atoms with Crippen molar-refractivity contribution < 1.29 is 28.8 Å². The highest BCUT2D eigenvalue weighted by atomic mass is 35.5. The Bertz CT molecular complexity index is 3430. The van der Waals surface area contributed by atoms with Gasteiger partial charge in [-0.3, -0.25) is 19.8 Å². The number of hydrogen-bond donors (Lipinski definition) is 5. The molecule has 6 aromatic carbocycles. The van der Waals surface area contributed by atoms with Gasteiger partial charge in [-0.15, -0.1) is 0 Å². The van der Waals surface area contributed by atoms with Gasteiger partial charge in [0.1, 0.15) is 61.7 Å². The largest absolute Gasteiger partial charge is 0.488 e. The third kappa shape index (κ3) is 15.8. The molecular weight excluding hydrogens is 1040 g/mol. The molecule has 2 heterocycles. The van der Waals surface area contributed by atoms with Gasteiger partial charge in [-0.25, -0.2) is 0 Å². The van der Waals surface area contributed by atoms with Crippen molar-refractivity contribution in [3.05, 3.63) is 235 Å². The van der Waals surface area contributed by atoms with Crippen LogP contribution < -0.4 is 41.0 Å². The van der Waals surface area contributed by atoms with Crippen molar-refractivity contribution in [1.82, 2.24) is 20.6 Å². The van der Waals surface area contributed by atoms with Gasteiger partial charge in [0, 0.05) is 91.1 Å². The highest BCUT2D eigenvalue weighted by Crippen LogP contribution is 2.38. The topological polar surface area (TPSA) is 212 Å². The summed E-state index contributed by atoms with van der Waals surface area (Å²) >= 11 is 14.0. The fourth-order valence-electron chi connectivity index (χ4n) is 9.03. The minimum Gasteiger partial charge on any atom is -0.488 e. The highest BCUT2D eigenvalue weighted by Gasteiger charge is 2.22. The third-order valence-corrected chi connectivity index (χ3v) is 14.0. The second kappa shape index (κ2) is 28.0. The van der Waals surface area contributed by atoms with Crippen molar-refractivity contribution in [3.63, 3.8) is 0 Å². The van der Waals surface area contributed by atoms with Crippen LogP contribution in [0.5, 0.6) is 23.0 Å². The molecule has 3 unspecified atom stereocenters. The number of carbonyl (C=O) groups excluding carboxylic acids is 1. The molecule has 8 rings (SSSR count). The Morgan fingerprint density at radius 2 is 1.14 bits per heavy atom. The number of aromatic nitrogens is 2. The summed E-state index contributed by atoms with van der Waals surface area (Å²) < 4.78 is 25.8. The number of hydrogen-bond acceptors (Lipinski definition) is 13. The average Bonchev–Trinajstić information content (AvgIpc) is 3.48. The van der Waals surface area contributed by atoms with Crippen LogP contribution in [-0.2, 0) is 57.2 Å². The Morgan fingerprint density at radius 3 is 1.66 bits per heavy atom. The SMILES string of the molecule is CN=Cc1cncc(COc2cc(OCc3cccc(-c4cccc(COc5cc(OCc6cncc(C#N)c6)c(CNC(Cc6ccccc6)C(N)O)cc5Cl)c4C)c3C)c(Cl)cc2CNC(Cc2ccccc2)C(N)=O)c1. The molecule has 8 aromatic rings. The maximum atomic E-state index is 12.6.